The Bertz CT molecular complexity index is 1220. The number of esters is 1. The van der Waals surface area contributed by atoms with Gasteiger partial charge in [0.15, 0.2) is 0 Å². The number of anilines is 1. The average Bonchev–Trinajstić information content (AvgIpc) is 3.32. The molecular weight excluding hydrogens is 405 g/mol. The van der Waals surface area contributed by atoms with Crippen molar-refractivity contribution in [1.82, 2.24) is 9.38 Å². The van der Waals surface area contributed by atoms with E-state index in [1.54, 1.807) is 19.2 Å². The summed E-state index contributed by atoms with van der Waals surface area (Å²) in [7, 11) is 0. The van der Waals surface area contributed by atoms with Crippen LogP contribution in [0.1, 0.15) is 23.0 Å². The van der Waals surface area contributed by atoms with Crippen LogP contribution in [-0.2, 0) is 16.0 Å². The number of hydrogen-bond donors (Lipinski definition) is 1. The number of pyridine rings is 1. The minimum atomic E-state index is -0.490. The SMILES string of the molecule is CCOC(=O)c1c(-c2ccccc2)csc1NC(=O)Cc1cn2cc(F)ccc2n1. The second-order valence-corrected chi connectivity index (χ2v) is 7.39. The summed E-state index contributed by atoms with van der Waals surface area (Å²) >= 11 is 1.26. The molecule has 3 aromatic heterocycles. The fourth-order valence-electron chi connectivity index (χ4n) is 3.12. The van der Waals surface area contributed by atoms with Gasteiger partial charge < -0.3 is 14.5 Å². The van der Waals surface area contributed by atoms with E-state index >= 15 is 0 Å². The number of imidazole rings is 1. The molecule has 0 spiro atoms. The first-order chi connectivity index (χ1) is 14.5. The average molecular weight is 423 g/mol. The van der Waals surface area contributed by atoms with Crippen molar-refractivity contribution in [3.8, 4) is 11.1 Å². The zero-order valence-electron chi connectivity index (χ0n) is 16.1. The highest BCUT2D eigenvalue weighted by molar-refractivity contribution is 7.15. The summed E-state index contributed by atoms with van der Waals surface area (Å²) in [6.45, 7) is 1.96. The first-order valence-corrected chi connectivity index (χ1v) is 10.2. The van der Waals surface area contributed by atoms with Gasteiger partial charge in [0.1, 0.15) is 22.0 Å². The molecule has 0 bridgehead atoms. The molecule has 4 rings (SSSR count). The first kappa shape index (κ1) is 19.8. The Morgan fingerprint density at radius 2 is 1.97 bits per heavy atom. The minimum absolute atomic E-state index is 0.00979. The molecule has 0 atom stereocenters. The first-order valence-electron chi connectivity index (χ1n) is 9.32. The maximum Gasteiger partial charge on any atom is 0.341 e. The zero-order chi connectivity index (χ0) is 21.1. The number of fused-ring (bicyclic) bond motifs is 1. The number of aromatic nitrogens is 2. The Morgan fingerprint density at radius 3 is 2.73 bits per heavy atom. The lowest BCUT2D eigenvalue weighted by molar-refractivity contribution is -0.115. The summed E-state index contributed by atoms with van der Waals surface area (Å²) in [5, 5.41) is 5.05. The summed E-state index contributed by atoms with van der Waals surface area (Å²) in [4.78, 5) is 29.5. The lowest BCUT2D eigenvalue weighted by atomic mass is 10.0. The molecule has 0 aliphatic carbocycles. The largest absolute Gasteiger partial charge is 0.462 e. The van der Waals surface area contributed by atoms with E-state index in [0.29, 0.717) is 27.5 Å². The molecule has 0 unspecified atom stereocenters. The van der Waals surface area contributed by atoms with Crippen LogP contribution in [0.2, 0.25) is 0 Å². The lowest BCUT2D eigenvalue weighted by Crippen LogP contribution is -2.16. The third-order valence-corrected chi connectivity index (χ3v) is 5.31. The van der Waals surface area contributed by atoms with Crippen LogP contribution in [0, 0.1) is 5.82 Å². The molecule has 0 saturated heterocycles. The molecule has 152 valence electrons. The van der Waals surface area contributed by atoms with Crippen molar-refractivity contribution < 1.29 is 18.7 Å². The lowest BCUT2D eigenvalue weighted by Gasteiger charge is -2.08. The predicted molar refractivity (Wildman–Crippen MR) is 113 cm³/mol. The molecule has 1 aromatic carbocycles. The smallest absolute Gasteiger partial charge is 0.341 e. The molecule has 4 aromatic rings. The molecule has 1 N–H and O–H groups in total. The van der Waals surface area contributed by atoms with Crippen LogP contribution in [0.5, 0.6) is 0 Å². The molecule has 0 saturated carbocycles. The van der Waals surface area contributed by atoms with Gasteiger partial charge in [0, 0.05) is 23.3 Å². The van der Waals surface area contributed by atoms with Crippen LogP contribution in [0.4, 0.5) is 9.39 Å². The monoisotopic (exact) mass is 423 g/mol. The van der Waals surface area contributed by atoms with Crippen molar-refractivity contribution in [1.29, 1.82) is 0 Å². The Hall–Kier alpha value is -3.52. The van der Waals surface area contributed by atoms with E-state index in [1.165, 1.54) is 28.0 Å². The van der Waals surface area contributed by atoms with E-state index in [9.17, 15) is 14.0 Å². The predicted octanol–water partition coefficient (Wildman–Crippen LogP) is 4.56. The van der Waals surface area contributed by atoms with Crippen LogP contribution in [0.25, 0.3) is 16.8 Å². The summed E-state index contributed by atoms with van der Waals surface area (Å²) in [6.07, 6.45) is 2.90. The number of carbonyl (C=O) groups is 2. The number of benzene rings is 1. The third-order valence-electron chi connectivity index (χ3n) is 4.41. The zero-order valence-corrected chi connectivity index (χ0v) is 16.9. The van der Waals surface area contributed by atoms with Crippen molar-refractivity contribution in [2.24, 2.45) is 0 Å². The highest BCUT2D eigenvalue weighted by Gasteiger charge is 2.23. The standard InChI is InChI=1S/C22H18FN3O3S/c1-2-29-22(28)20-17(14-6-4-3-5-7-14)13-30-21(20)25-19(27)10-16-12-26-11-15(23)8-9-18(26)24-16/h3-9,11-13H,2,10H2,1H3,(H,25,27). The van der Waals surface area contributed by atoms with Crippen LogP contribution >= 0.6 is 11.3 Å². The van der Waals surface area contributed by atoms with Crippen LogP contribution in [0.3, 0.4) is 0 Å². The van der Waals surface area contributed by atoms with Gasteiger partial charge in [0.05, 0.1) is 18.7 Å². The fraction of sp³-hybridized carbons (Fsp3) is 0.136. The number of nitrogens with zero attached hydrogens (tertiary/aromatic N) is 2. The van der Waals surface area contributed by atoms with Gasteiger partial charge in [-0.05, 0) is 24.6 Å². The maximum absolute atomic E-state index is 13.4. The Labute approximate surface area is 176 Å². The number of thiophene rings is 1. The molecule has 0 aliphatic rings. The van der Waals surface area contributed by atoms with Crippen molar-refractivity contribution >= 4 is 33.9 Å². The molecular formula is C22H18FN3O3S. The van der Waals surface area contributed by atoms with Gasteiger partial charge in [-0.1, -0.05) is 30.3 Å². The highest BCUT2D eigenvalue weighted by Crippen LogP contribution is 2.36. The van der Waals surface area contributed by atoms with Gasteiger partial charge in [-0.3, -0.25) is 4.79 Å². The van der Waals surface area contributed by atoms with Crippen molar-refractivity contribution in [2.45, 2.75) is 13.3 Å². The molecule has 0 fully saturated rings. The van der Waals surface area contributed by atoms with E-state index in [0.717, 1.165) is 5.56 Å². The summed E-state index contributed by atoms with van der Waals surface area (Å²) in [5.41, 5.74) is 2.94. The Morgan fingerprint density at radius 1 is 1.17 bits per heavy atom. The van der Waals surface area contributed by atoms with Crippen LogP contribution < -0.4 is 5.32 Å². The number of nitrogens with one attached hydrogen (secondary N) is 1. The van der Waals surface area contributed by atoms with E-state index in [-0.39, 0.29) is 24.8 Å². The summed E-state index contributed by atoms with van der Waals surface area (Å²) < 4.78 is 20.1. The molecule has 30 heavy (non-hydrogen) atoms. The third kappa shape index (κ3) is 4.08. The molecule has 1 amide bonds. The molecule has 3 heterocycles. The highest BCUT2D eigenvalue weighted by atomic mass is 32.1. The van der Waals surface area contributed by atoms with Crippen LogP contribution in [0.15, 0.2) is 60.2 Å². The normalized spacial score (nSPS) is 10.9. The number of ether oxygens (including phenoxy) is 1. The second kappa shape index (κ2) is 8.46. The molecule has 0 aliphatic heterocycles. The fourth-order valence-corrected chi connectivity index (χ4v) is 4.10. The van der Waals surface area contributed by atoms with Gasteiger partial charge in [0.25, 0.3) is 0 Å². The number of hydrogen-bond acceptors (Lipinski definition) is 5. The van der Waals surface area contributed by atoms with E-state index in [2.05, 4.69) is 10.3 Å². The number of carbonyl (C=O) groups excluding carboxylic acids is 2. The number of halogens is 1. The second-order valence-electron chi connectivity index (χ2n) is 6.51. The summed E-state index contributed by atoms with van der Waals surface area (Å²) in [5.74, 6) is -1.20. The van der Waals surface area contributed by atoms with Crippen molar-refractivity contribution in [3.63, 3.8) is 0 Å². The topological polar surface area (TPSA) is 72.7 Å². The maximum atomic E-state index is 13.4. The number of rotatable bonds is 6. The Balaban J connectivity index is 1.59. The van der Waals surface area contributed by atoms with Gasteiger partial charge in [-0.15, -0.1) is 11.3 Å². The van der Waals surface area contributed by atoms with Gasteiger partial charge in [-0.2, -0.15) is 0 Å². The van der Waals surface area contributed by atoms with Crippen molar-refractivity contribution in [3.05, 3.63) is 77.3 Å². The molecule has 6 nitrogen and oxygen atoms in total. The van der Waals surface area contributed by atoms with E-state index in [1.807, 2.05) is 35.7 Å². The number of amides is 1. The van der Waals surface area contributed by atoms with Gasteiger partial charge in [-0.25, -0.2) is 14.2 Å². The molecule has 0 radical (unpaired) electrons. The van der Waals surface area contributed by atoms with E-state index in [4.69, 9.17) is 4.74 Å². The van der Waals surface area contributed by atoms with Gasteiger partial charge >= 0.3 is 5.97 Å². The van der Waals surface area contributed by atoms with Crippen molar-refractivity contribution in [2.75, 3.05) is 11.9 Å². The summed E-state index contributed by atoms with van der Waals surface area (Å²) in [6, 6.07) is 12.3. The van der Waals surface area contributed by atoms with Crippen LogP contribution in [-0.4, -0.2) is 27.9 Å². The minimum Gasteiger partial charge on any atom is -0.462 e. The van der Waals surface area contributed by atoms with Gasteiger partial charge in [0.2, 0.25) is 5.91 Å². The quantitative estimate of drug-likeness (QED) is 0.462. The van der Waals surface area contributed by atoms with E-state index < -0.39 is 5.97 Å². The molecule has 8 heteroatoms. The Kier molecular flexibility index (Phi) is 5.58.